The summed E-state index contributed by atoms with van der Waals surface area (Å²) in [4.78, 5) is 12.1. The van der Waals surface area contributed by atoms with E-state index >= 15 is 0 Å². The van der Waals surface area contributed by atoms with Crippen molar-refractivity contribution in [3.05, 3.63) is 95.2 Å². The number of sulfonamides is 1. The second kappa shape index (κ2) is 11.7. The highest BCUT2D eigenvalue weighted by molar-refractivity contribution is 7.89. The quantitative estimate of drug-likeness (QED) is 0.279. The molecule has 2 N–H and O–H groups in total. The number of carboxylic acids is 1. The van der Waals surface area contributed by atoms with E-state index in [4.69, 9.17) is 4.74 Å². The van der Waals surface area contributed by atoms with Gasteiger partial charge >= 0.3 is 5.97 Å². The van der Waals surface area contributed by atoms with E-state index in [1.165, 1.54) is 36.4 Å². The van der Waals surface area contributed by atoms with E-state index in [9.17, 15) is 27.1 Å². The number of hydrogen-bond donors (Lipinski definition) is 2. The van der Waals surface area contributed by atoms with Crippen molar-refractivity contribution >= 4 is 26.9 Å². The number of hydrogen-bond acceptors (Lipinski definition) is 4. The summed E-state index contributed by atoms with van der Waals surface area (Å²) in [5.74, 6) is 3.10. The Bertz CT molecular complexity index is 1670. The molecule has 0 aliphatic rings. The van der Waals surface area contributed by atoms with E-state index in [2.05, 4.69) is 16.6 Å². The summed E-state index contributed by atoms with van der Waals surface area (Å²) in [5.41, 5.74) is 2.39. The third-order valence-corrected chi connectivity index (χ3v) is 7.74. The summed E-state index contributed by atoms with van der Waals surface area (Å²) >= 11 is 0. The van der Waals surface area contributed by atoms with Crippen molar-refractivity contribution in [3.63, 3.8) is 0 Å². The molecule has 0 aliphatic carbocycles. The van der Waals surface area contributed by atoms with Crippen LogP contribution < -0.4 is 9.46 Å². The number of carboxylic acid groups (broad SMARTS) is 1. The maximum absolute atomic E-state index is 13.8. The summed E-state index contributed by atoms with van der Waals surface area (Å²) in [6.45, 7) is 3.74. The van der Waals surface area contributed by atoms with Crippen LogP contribution in [-0.4, -0.2) is 36.7 Å². The number of benzene rings is 3. The van der Waals surface area contributed by atoms with Crippen LogP contribution in [0.2, 0.25) is 0 Å². The Kier molecular flexibility index (Phi) is 8.33. The Hall–Kier alpha value is -4.20. The maximum atomic E-state index is 13.8. The summed E-state index contributed by atoms with van der Waals surface area (Å²) < 4.78 is 63.2. The van der Waals surface area contributed by atoms with Crippen LogP contribution in [0.3, 0.4) is 0 Å². The summed E-state index contributed by atoms with van der Waals surface area (Å²) in [5, 5.41) is 10.6. The number of ether oxygens (including phenoxy) is 1. The Morgan fingerprint density at radius 3 is 2.38 bits per heavy atom. The van der Waals surface area contributed by atoms with Gasteiger partial charge in [0.15, 0.2) is 0 Å². The van der Waals surface area contributed by atoms with E-state index in [-0.39, 0.29) is 24.5 Å². The number of para-hydroxylation sites is 1. The first kappa shape index (κ1) is 27.8. The van der Waals surface area contributed by atoms with E-state index in [0.717, 1.165) is 11.6 Å². The van der Waals surface area contributed by atoms with Crippen LogP contribution in [-0.2, 0) is 27.8 Å². The van der Waals surface area contributed by atoms with E-state index < -0.39 is 33.7 Å². The first-order valence-corrected chi connectivity index (χ1v) is 13.5. The third-order valence-electron chi connectivity index (χ3n) is 6.25. The molecule has 1 atom stereocenters. The van der Waals surface area contributed by atoms with Crippen LogP contribution in [0, 0.1) is 30.4 Å². The van der Waals surface area contributed by atoms with E-state index in [0.29, 0.717) is 28.0 Å². The van der Waals surface area contributed by atoms with Crippen LogP contribution >= 0.6 is 0 Å². The molecule has 1 heterocycles. The molecule has 0 aliphatic heterocycles. The summed E-state index contributed by atoms with van der Waals surface area (Å²) in [7, 11) is -4.19. The topological polar surface area (TPSA) is 97.6 Å². The minimum Gasteiger partial charge on any atom is -0.481 e. The van der Waals surface area contributed by atoms with E-state index in [1.54, 1.807) is 32.0 Å². The molecule has 1 aromatic heterocycles. The number of aliphatic carboxylic acids is 1. The molecule has 0 radical (unpaired) electrons. The van der Waals surface area contributed by atoms with Crippen molar-refractivity contribution in [1.29, 1.82) is 0 Å². The van der Waals surface area contributed by atoms with Gasteiger partial charge in [-0.15, -0.1) is 5.92 Å². The largest absolute Gasteiger partial charge is 0.481 e. The molecule has 3 aromatic carbocycles. The Balaban J connectivity index is 1.62. The molecule has 0 fully saturated rings. The summed E-state index contributed by atoms with van der Waals surface area (Å²) in [6.07, 6.45) is -0.150. The van der Waals surface area contributed by atoms with Crippen molar-refractivity contribution in [3.8, 4) is 17.6 Å². The third kappa shape index (κ3) is 6.45. The molecule has 202 valence electrons. The number of halogens is 2. The van der Waals surface area contributed by atoms with Crippen molar-refractivity contribution in [2.24, 2.45) is 0 Å². The van der Waals surface area contributed by atoms with Gasteiger partial charge in [-0.3, -0.25) is 4.79 Å². The predicted octanol–water partition coefficient (Wildman–Crippen LogP) is 4.65. The number of fused-ring (bicyclic) bond motifs is 1. The smallest absolute Gasteiger partial charge is 0.322 e. The SMILES string of the molecule is CC#CCOc1ccc(S(=O)(=O)NC(Cc2c(C)n(Cc3cc(F)cc(F)c3)c3ccccc23)C(=O)O)cc1. The summed E-state index contributed by atoms with van der Waals surface area (Å²) in [6, 6.07) is 14.6. The molecule has 0 spiro atoms. The predicted molar refractivity (Wildman–Crippen MR) is 143 cm³/mol. The van der Waals surface area contributed by atoms with Gasteiger partial charge in [-0.25, -0.2) is 17.2 Å². The van der Waals surface area contributed by atoms with Crippen LogP contribution in [0.4, 0.5) is 8.78 Å². The number of rotatable bonds is 10. The molecule has 0 saturated carbocycles. The molecule has 4 rings (SSSR count). The zero-order valence-electron chi connectivity index (χ0n) is 21.2. The van der Waals surface area contributed by atoms with Gasteiger partial charge in [-0.2, -0.15) is 4.72 Å². The fraction of sp³-hybridized carbons (Fsp3) is 0.207. The zero-order chi connectivity index (χ0) is 28.2. The second-order valence-corrected chi connectivity index (χ2v) is 10.6. The minimum atomic E-state index is -4.19. The van der Waals surface area contributed by atoms with Gasteiger partial charge in [0, 0.05) is 35.6 Å². The highest BCUT2D eigenvalue weighted by atomic mass is 32.2. The number of nitrogens with zero attached hydrogens (tertiary/aromatic N) is 1. The number of nitrogens with one attached hydrogen (secondary N) is 1. The van der Waals surface area contributed by atoms with Crippen LogP contribution in [0.25, 0.3) is 10.9 Å². The average molecular weight is 553 g/mol. The monoisotopic (exact) mass is 552 g/mol. The molecule has 7 nitrogen and oxygen atoms in total. The van der Waals surface area contributed by atoms with Crippen molar-refractivity contribution in [2.75, 3.05) is 6.61 Å². The Labute approximate surface area is 225 Å². The molecule has 0 saturated heterocycles. The lowest BCUT2D eigenvalue weighted by molar-refractivity contribution is -0.138. The van der Waals surface area contributed by atoms with Crippen molar-refractivity contribution < 1.29 is 31.8 Å². The molecule has 1 unspecified atom stereocenters. The van der Waals surface area contributed by atoms with Gasteiger partial charge in [0.1, 0.15) is 30.0 Å². The van der Waals surface area contributed by atoms with Crippen LogP contribution in [0.5, 0.6) is 5.75 Å². The lowest BCUT2D eigenvalue weighted by Gasteiger charge is -2.16. The molecule has 0 bridgehead atoms. The van der Waals surface area contributed by atoms with Crippen LogP contribution in [0.15, 0.2) is 71.6 Å². The van der Waals surface area contributed by atoms with Gasteiger partial charge in [0.25, 0.3) is 0 Å². The highest BCUT2D eigenvalue weighted by Gasteiger charge is 2.28. The van der Waals surface area contributed by atoms with Gasteiger partial charge < -0.3 is 14.4 Å². The molecular weight excluding hydrogens is 526 g/mol. The van der Waals surface area contributed by atoms with Gasteiger partial charge in [-0.05, 0) is 67.4 Å². The minimum absolute atomic E-state index is 0.116. The number of carbonyl (C=O) groups is 1. The van der Waals surface area contributed by atoms with Crippen molar-refractivity contribution in [2.45, 2.75) is 37.8 Å². The zero-order valence-corrected chi connectivity index (χ0v) is 22.1. The molecule has 4 aromatic rings. The number of aromatic nitrogens is 1. The van der Waals surface area contributed by atoms with Gasteiger partial charge in [0.2, 0.25) is 10.0 Å². The fourth-order valence-corrected chi connectivity index (χ4v) is 5.58. The lowest BCUT2D eigenvalue weighted by Crippen LogP contribution is -2.42. The first-order valence-electron chi connectivity index (χ1n) is 12.0. The Morgan fingerprint density at radius 2 is 1.74 bits per heavy atom. The molecule has 0 amide bonds. The standard InChI is InChI=1S/C29H26F2N2O5S/c1-3-4-13-38-23-9-11-24(12-10-23)39(36,37)32-27(29(34)35)17-26-19(2)33(28-8-6-5-7-25(26)28)18-20-14-21(30)16-22(31)15-20/h5-12,14-16,27,32H,13,17-18H2,1-2H3,(H,34,35). The molecule has 10 heteroatoms. The molecule has 39 heavy (non-hydrogen) atoms. The van der Waals surface area contributed by atoms with Gasteiger partial charge in [-0.1, -0.05) is 24.1 Å². The Morgan fingerprint density at radius 1 is 1.08 bits per heavy atom. The van der Waals surface area contributed by atoms with E-state index in [1.807, 2.05) is 10.6 Å². The van der Waals surface area contributed by atoms with Crippen molar-refractivity contribution in [1.82, 2.24) is 9.29 Å². The average Bonchev–Trinajstić information content (AvgIpc) is 3.14. The second-order valence-electron chi connectivity index (χ2n) is 8.85. The highest BCUT2D eigenvalue weighted by Crippen LogP contribution is 2.29. The van der Waals surface area contributed by atoms with Crippen LogP contribution in [0.1, 0.15) is 23.7 Å². The fourth-order valence-electron chi connectivity index (χ4n) is 4.39. The van der Waals surface area contributed by atoms with Gasteiger partial charge in [0.05, 0.1) is 4.90 Å². The maximum Gasteiger partial charge on any atom is 0.322 e. The normalized spacial score (nSPS) is 12.1. The first-order chi connectivity index (χ1) is 18.6. The molecular formula is C29H26F2N2O5S. The lowest BCUT2D eigenvalue weighted by atomic mass is 10.0.